The molecule has 1 saturated heterocycles. The average Bonchev–Trinajstić information content (AvgIpc) is 2.83. The maximum absolute atomic E-state index is 13.7. The topological polar surface area (TPSA) is 80.5 Å². The Bertz CT molecular complexity index is 622. The molecule has 0 aromatic heterocycles. The van der Waals surface area contributed by atoms with Crippen molar-refractivity contribution >= 4 is 15.9 Å². The van der Waals surface area contributed by atoms with Crippen LogP contribution in [0.25, 0.3) is 0 Å². The molecule has 0 spiro atoms. The van der Waals surface area contributed by atoms with Crippen molar-refractivity contribution in [2.45, 2.75) is 24.7 Å². The van der Waals surface area contributed by atoms with E-state index in [1.165, 1.54) is 13.0 Å². The molecule has 0 aliphatic carbocycles. The highest BCUT2D eigenvalue weighted by Crippen LogP contribution is 2.21. The fourth-order valence-electron chi connectivity index (χ4n) is 2.17. The van der Waals surface area contributed by atoms with Gasteiger partial charge in [-0.25, -0.2) is 17.9 Å². The van der Waals surface area contributed by atoms with Gasteiger partial charge in [-0.2, -0.15) is 0 Å². The van der Waals surface area contributed by atoms with Crippen molar-refractivity contribution in [2.75, 3.05) is 13.1 Å². The summed E-state index contributed by atoms with van der Waals surface area (Å²) in [5.41, 5.74) is 0.249. The van der Waals surface area contributed by atoms with Crippen molar-refractivity contribution in [3.05, 3.63) is 29.1 Å². The van der Waals surface area contributed by atoms with E-state index in [0.29, 0.717) is 13.1 Å². The van der Waals surface area contributed by atoms with Crippen LogP contribution in [0.4, 0.5) is 4.39 Å². The fourth-order valence-corrected chi connectivity index (χ4v) is 2.87. The molecule has 2 rings (SSSR count). The number of benzene rings is 1. The summed E-state index contributed by atoms with van der Waals surface area (Å²) in [5.74, 6) is -1.19. The number of likely N-dealkylation sites (tertiary alicyclic amines) is 1. The molecule has 104 valence electrons. The summed E-state index contributed by atoms with van der Waals surface area (Å²) in [7, 11) is -4.18. The fraction of sp³-hybridized carbons (Fsp3) is 0.417. The van der Waals surface area contributed by atoms with Crippen molar-refractivity contribution in [2.24, 2.45) is 5.14 Å². The van der Waals surface area contributed by atoms with Crippen LogP contribution in [0.2, 0.25) is 0 Å². The molecule has 2 N–H and O–H groups in total. The summed E-state index contributed by atoms with van der Waals surface area (Å²) in [6.45, 7) is 2.69. The minimum atomic E-state index is -4.18. The van der Waals surface area contributed by atoms with E-state index in [2.05, 4.69) is 0 Å². The van der Waals surface area contributed by atoms with E-state index in [9.17, 15) is 17.6 Å². The highest BCUT2D eigenvalue weighted by atomic mass is 32.2. The Labute approximate surface area is 111 Å². The second-order valence-corrected chi connectivity index (χ2v) is 6.18. The lowest BCUT2D eigenvalue weighted by Crippen LogP contribution is -2.28. The standard InChI is InChI=1S/C12H15FN2O3S/c1-8-6-9(12(16)15-4-2-3-5-15)7-10(11(8)13)19(14,17)18/h6-7H,2-5H2,1H3,(H2,14,17,18). The monoisotopic (exact) mass is 286 g/mol. The maximum atomic E-state index is 13.7. The number of aryl methyl sites for hydroxylation is 1. The molecule has 5 nitrogen and oxygen atoms in total. The predicted octanol–water partition coefficient (Wildman–Crippen LogP) is 1.02. The summed E-state index contributed by atoms with van der Waals surface area (Å²) >= 11 is 0. The highest BCUT2D eigenvalue weighted by Gasteiger charge is 2.24. The number of primary sulfonamides is 1. The third-order valence-electron chi connectivity index (χ3n) is 3.17. The van der Waals surface area contributed by atoms with E-state index in [-0.39, 0.29) is 17.0 Å². The Balaban J connectivity index is 2.48. The van der Waals surface area contributed by atoms with Crippen molar-refractivity contribution < 1.29 is 17.6 Å². The van der Waals surface area contributed by atoms with Gasteiger partial charge >= 0.3 is 0 Å². The third kappa shape index (κ3) is 2.76. The number of nitrogens with zero attached hydrogens (tertiary/aromatic N) is 1. The SMILES string of the molecule is Cc1cc(C(=O)N2CCCC2)cc(S(N)(=O)=O)c1F. The smallest absolute Gasteiger partial charge is 0.253 e. The zero-order valence-corrected chi connectivity index (χ0v) is 11.3. The van der Waals surface area contributed by atoms with E-state index >= 15 is 0 Å². The Morgan fingerprint density at radius 2 is 1.89 bits per heavy atom. The summed E-state index contributed by atoms with van der Waals surface area (Å²) in [6, 6.07) is 2.36. The van der Waals surface area contributed by atoms with Gasteiger partial charge in [0.25, 0.3) is 5.91 Å². The van der Waals surface area contributed by atoms with Gasteiger partial charge < -0.3 is 4.90 Å². The number of halogens is 1. The lowest BCUT2D eigenvalue weighted by molar-refractivity contribution is 0.0792. The molecule has 1 aliphatic heterocycles. The van der Waals surface area contributed by atoms with Gasteiger partial charge in [-0.1, -0.05) is 0 Å². The van der Waals surface area contributed by atoms with Crippen molar-refractivity contribution in [1.82, 2.24) is 4.90 Å². The van der Waals surface area contributed by atoms with Crippen LogP contribution in [-0.4, -0.2) is 32.3 Å². The quantitative estimate of drug-likeness (QED) is 0.881. The first-order chi connectivity index (χ1) is 8.80. The lowest BCUT2D eigenvalue weighted by atomic mass is 10.1. The first-order valence-electron chi connectivity index (χ1n) is 5.93. The number of carbonyl (C=O) groups is 1. The molecule has 7 heteroatoms. The van der Waals surface area contributed by atoms with Crippen LogP contribution in [0.3, 0.4) is 0 Å². The first kappa shape index (κ1) is 14.0. The minimum absolute atomic E-state index is 0.0917. The van der Waals surface area contributed by atoms with Gasteiger partial charge in [-0.05, 0) is 37.5 Å². The van der Waals surface area contributed by atoms with Crippen molar-refractivity contribution in [3.63, 3.8) is 0 Å². The summed E-state index contributed by atoms with van der Waals surface area (Å²) in [6.07, 6.45) is 1.85. The lowest BCUT2D eigenvalue weighted by Gasteiger charge is -2.16. The normalized spacial score (nSPS) is 15.8. The van der Waals surface area contributed by atoms with Gasteiger partial charge in [0.1, 0.15) is 10.7 Å². The van der Waals surface area contributed by atoms with Crippen LogP contribution in [0.1, 0.15) is 28.8 Å². The second-order valence-electron chi connectivity index (χ2n) is 4.65. The van der Waals surface area contributed by atoms with Gasteiger partial charge in [0, 0.05) is 18.7 Å². The molecule has 0 atom stereocenters. The average molecular weight is 286 g/mol. The molecular formula is C12H15FN2O3S. The zero-order chi connectivity index (χ0) is 14.2. The molecular weight excluding hydrogens is 271 g/mol. The predicted molar refractivity (Wildman–Crippen MR) is 67.6 cm³/mol. The van der Waals surface area contributed by atoms with Gasteiger partial charge in [-0.3, -0.25) is 4.79 Å². The molecule has 1 amide bonds. The zero-order valence-electron chi connectivity index (χ0n) is 10.5. The van der Waals surface area contributed by atoms with Gasteiger partial charge in [0.05, 0.1) is 0 Å². The van der Waals surface area contributed by atoms with Crippen LogP contribution in [0, 0.1) is 12.7 Å². The molecule has 1 heterocycles. The third-order valence-corrected chi connectivity index (χ3v) is 4.08. The van der Waals surface area contributed by atoms with E-state index in [1.807, 2.05) is 0 Å². The number of rotatable bonds is 2. The molecule has 0 bridgehead atoms. The van der Waals surface area contributed by atoms with Crippen LogP contribution >= 0.6 is 0 Å². The second kappa shape index (κ2) is 4.90. The van der Waals surface area contributed by atoms with Crippen LogP contribution in [0.5, 0.6) is 0 Å². The molecule has 1 aliphatic rings. The molecule has 19 heavy (non-hydrogen) atoms. The number of nitrogens with two attached hydrogens (primary N) is 1. The van der Waals surface area contributed by atoms with Crippen LogP contribution in [-0.2, 0) is 10.0 Å². The van der Waals surface area contributed by atoms with Gasteiger partial charge in [-0.15, -0.1) is 0 Å². The number of amides is 1. The Morgan fingerprint density at radius 3 is 2.42 bits per heavy atom. The summed E-state index contributed by atoms with van der Waals surface area (Å²) in [5, 5.41) is 4.96. The molecule has 0 saturated carbocycles. The van der Waals surface area contributed by atoms with E-state index in [4.69, 9.17) is 5.14 Å². The molecule has 1 aromatic rings. The number of hydrogen-bond acceptors (Lipinski definition) is 3. The van der Waals surface area contributed by atoms with Gasteiger partial charge in [0.2, 0.25) is 10.0 Å². The first-order valence-corrected chi connectivity index (χ1v) is 7.47. The largest absolute Gasteiger partial charge is 0.339 e. The highest BCUT2D eigenvalue weighted by molar-refractivity contribution is 7.89. The Kier molecular flexibility index (Phi) is 3.60. The van der Waals surface area contributed by atoms with Crippen molar-refractivity contribution in [1.29, 1.82) is 0 Å². The number of sulfonamides is 1. The minimum Gasteiger partial charge on any atom is -0.339 e. The van der Waals surface area contributed by atoms with Crippen LogP contribution in [0.15, 0.2) is 17.0 Å². The van der Waals surface area contributed by atoms with Crippen LogP contribution < -0.4 is 5.14 Å². The number of carbonyl (C=O) groups excluding carboxylic acids is 1. The van der Waals surface area contributed by atoms with E-state index in [0.717, 1.165) is 18.9 Å². The Hall–Kier alpha value is -1.47. The molecule has 1 fully saturated rings. The molecule has 0 unspecified atom stereocenters. The maximum Gasteiger partial charge on any atom is 0.253 e. The van der Waals surface area contributed by atoms with E-state index < -0.39 is 20.7 Å². The summed E-state index contributed by atoms with van der Waals surface area (Å²) in [4.78, 5) is 13.2. The Morgan fingerprint density at radius 1 is 1.32 bits per heavy atom. The van der Waals surface area contributed by atoms with Crippen molar-refractivity contribution in [3.8, 4) is 0 Å². The summed E-state index contributed by atoms with van der Waals surface area (Å²) < 4.78 is 36.4. The molecule has 0 radical (unpaired) electrons. The number of hydrogen-bond donors (Lipinski definition) is 1. The van der Waals surface area contributed by atoms with Gasteiger partial charge in [0.15, 0.2) is 0 Å². The molecule has 1 aromatic carbocycles. The van der Waals surface area contributed by atoms with E-state index in [1.54, 1.807) is 4.90 Å².